The van der Waals surface area contributed by atoms with Crippen molar-refractivity contribution in [2.24, 2.45) is 0 Å². The lowest BCUT2D eigenvalue weighted by Crippen LogP contribution is -2.66. The van der Waals surface area contributed by atoms with Gasteiger partial charge in [0.05, 0.1) is 40.2 Å². The van der Waals surface area contributed by atoms with Crippen LogP contribution in [0.3, 0.4) is 0 Å². The summed E-state index contributed by atoms with van der Waals surface area (Å²) in [7, 11) is 0. The zero-order valence-electron chi connectivity index (χ0n) is 18.0. The summed E-state index contributed by atoms with van der Waals surface area (Å²) in [6, 6.07) is 7.91. The molecule has 0 spiro atoms. The number of carbonyl (C=O) groups is 1. The van der Waals surface area contributed by atoms with Crippen molar-refractivity contribution in [2.75, 3.05) is 5.32 Å². The maximum absolute atomic E-state index is 13.0. The van der Waals surface area contributed by atoms with Gasteiger partial charge in [-0.1, -0.05) is 23.7 Å². The minimum Gasteiger partial charge on any atom is -0.417 e. The highest BCUT2D eigenvalue weighted by atomic mass is 35.5. The second-order valence-electron chi connectivity index (χ2n) is 8.86. The zero-order chi connectivity index (χ0) is 24.0. The van der Waals surface area contributed by atoms with Crippen molar-refractivity contribution in [1.29, 1.82) is 5.41 Å². The number of rotatable bonds is 6. The number of hydrogen-bond donors (Lipinski definition) is 4. The highest BCUT2D eigenvalue weighted by molar-refractivity contribution is 6.34. The van der Waals surface area contributed by atoms with Crippen LogP contribution < -0.4 is 15.4 Å². The molecule has 1 aliphatic carbocycles. The van der Waals surface area contributed by atoms with Crippen LogP contribution >= 0.6 is 11.6 Å². The maximum atomic E-state index is 13.0. The first-order chi connectivity index (χ1) is 15.5. The van der Waals surface area contributed by atoms with Crippen molar-refractivity contribution >= 4 is 34.8 Å². The molecule has 2 aromatic rings. The first-order valence-corrected chi connectivity index (χ1v) is 10.7. The number of aliphatic hydroxyl groups is 1. The number of aromatic nitrogens is 1. The number of halogens is 3. The number of ether oxygens (including phenoxy) is 1. The van der Waals surface area contributed by atoms with Gasteiger partial charge in [-0.25, -0.2) is 4.98 Å². The molecule has 0 bridgehead atoms. The quantitative estimate of drug-likeness (QED) is 0.499. The van der Waals surface area contributed by atoms with E-state index in [9.17, 15) is 18.7 Å². The Morgan fingerprint density at radius 3 is 2.64 bits per heavy atom. The monoisotopic (exact) mass is 479 g/mol. The van der Waals surface area contributed by atoms with E-state index in [1.54, 1.807) is 32.0 Å². The van der Waals surface area contributed by atoms with Gasteiger partial charge in [-0.2, -0.15) is 8.78 Å². The van der Waals surface area contributed by atoms with Crippen LogP contribution in [0, 0.1) is 5.41 Å². The van der Waals surface area contributed by atoms with Gasteiger partial charge in [0, 0.05) is 12.1 Å². The lowest BCUT2D eigenvalue weighted by Gasteiger charge is -2.50. The molecule has 8 nitrogen and oxygen atoms in total. The molecule has 1 aromatic heterocycles. The average Bonchev–Trinajstić information content (AvgIpc) is 2.68. The summed E-state index contributed by atoms with van der Waals surface area (Å²) in [6.07, 6.45) is 2.27. The average molecular weight is 480 g/mol. The molecule has 1 amide bonds. The minimum absolute atomic E-state index is 0.0255. The number of amides is 1. The summed E-state index contributed by atoms with van der Waals surface area (Å²) in [5, 5.41) is 25.0. The Hall–Kier alpha value is -2.98. The van der Waals surface area contributed by atoms with E-state index in [2.05, 4.69) is 20.4 Å². The molecule has 33 heavy (non-hydrogen) atoms. The first-order valence-electron chi connectivity index (χ1n) is 10.4. The van der Waals surface area contributed by atoms with Crippen molar-refractivity contribution in [2.45, 2.75) is 56.9 Å². The molecule has 1 atom stereocenters. The lowest BCUT2D eigenvalue weighted by atomic mass is 9.75. The summed E-state index contributed by atoms with van der Waals surface area (Å²) < 4.78 is 28.9. The molecule has 4 N–H and O–H groups in total. The predicted octanol–water partition coefficient (Wildman–Crippen LogP) is 3.97. The molecule has 2 aliphatic rings. The van der Waals surface area contributed by atoms with E-state index in [1.807, 2.05) is 0 Å². The normalized spacial score (nSPS) is 27.2. The zero-order valence-corrected chi connectivity index (χ0v) is 18.8. The molecule has 0 radical (unpaired) electrons. The fourth-order valence-corrected chi connectivity index (χ4v) is 4.77. The van der Waals surface area contributed by atoms with Crippen molar-refractivity contribution < 1.29 is 23.4 Å². The number of nitrogens with one attached hydrogen (secondary N) is 3. The summed E-state index contributed by atoms with van der Waals surface area (Å²) in [4.78, 5) is 18.2. The molecule has 1 aromatic carbocycles. The Morgan fingerprint density at radius 2 is 2.06 bits per heavy atom. The summed E-state index contributed by atoms with van der Waals surface area (Å²) >= 11 is 6.68. The SMILES string of the molecule is C[C@@]1(c2cccc(Nc3ccc(OC(F)F)nc3)c2Cl)CC(=O)N([C@H]2C[C@@](C)(O)C2)C(=N)N1. The fraction of sp³-hybridized carbons (Fsp3) is 0.409. The van der Waals surface area contributed by atoms with Gasteiger partial charge in [0.2, 0.25) is 11.8 Å². The Bertz CT molecular complexity index is 1050. The highest BCUT2D eigenvalue weighted by Crippen LogP contribution is 2.41. The number of alkyl halides is 2. The van der Waals surface area contributed by atoms with Crippen molar-refractivity contribution in [3.05, 3.63) is 47.1 Å². The number of carbonyl (C=O) groups excluding carboxylic acids is 1. The number of guanidine groups is 1. The van der Waals surface area contributed by atoms with Gasteiger partial charge in [0.25, 0.3) is 0 Å². The number of anilines is 2. The molecule has 0 unspecified atom stereocenters. The smallest absolute Gasteiger partial charge is 0.388 e. The second kappa shape index (κ2) is 8.42. The third-order valence-corrected chi connectivity index (χ3v) is 6.35. The second-order valence-corrected chi connectivity index (χ2v) is 9.24. The van der Waals surface area contributed by atoms with Gasteiger partial charge in [-0.15, -0.1) is 0 Å². The van der Waals surface area contributed by atoms with Crippen LogP contribution in [0.15, 0.2) is 36.5 Å². The van der Waals surface area contributed by atoms with E-state index < -0.39 is 17.8 Å². The van der Waals surface area contributed by atoms with E-state index in [4.69, 9.17) is 17.0 Å². The maximum Gasteiger partial charge on any atom is 0.388 e. The molecular weight excluding hydrogens is 456 g/mol. The molecule has 1 saturated carbocycles. The van der Waals surface area contributed by atoms with Crippen LogP contribution in [0.4, 0.5) is 20.2 Å². The van der Waals surface area contributed by atoms with Crippen molar-refractivity contribution in [1.82, 2.24) is 15.2 Å². The molecular formula is C22H24ClF2N5O3. The predicted molar refractivity (Wildman–Crippen MR) is 119 cm³/mol. The van der Waals surface area contributed by atoms with E-state index in [-0.39, 0.29) is 30.2 Å². The fourth-order valence-electron chi connectivity index (χ4n) is 4.39. The number of hydrogen-bond acceptors (Lipinski definition) is 6. The molecule has 176 valence electrons. The van der Waals surface area contributed by atoms with Crippen LogP contribution in [0.25, 0.3) is 0 Å². The summed E-state index contributed by atoms with van der Waals surface area (Å²) in [5.41, 5.74) is -0.0760. The molecule has 2 fully saturated rings. The number of nitrogens with zero attached hydrogens (tertiary/aromatic N) is 2. The van der Waals surface area contributed by atoms with E-state index in [0.29, 0.717) is 34.8 Å². The number of pyridine rings is 1. The standard InChI is InChI=1S/C22H24ClF2N5O3/c1-21(32)8-13(9-21)30-17(31)10-22(2,29-20(30)26)14-4-3-5-15(18(14)23)28-12-6-7-16(27-11-12)33-19(24)25/h3-7,11,13,19,28,32H,8-10H2,1-2H3,(H2,26,29)/t13-,21+,22-/m0/s1. The minimum atomic E-state index is -2.96. The molecule has 4 rings (SSSR count). The van der Waals surface area contributed by atoms with Crippen LogP contribution in [0.5, 0.6) is 5.88 Å². The first kappa shape index (κ1) is 23.2. The van der Waals surface area contributed by atoms with Crippen LogP contribution in [-0.4, -0.2) is 45.1 Å². The lowest BCUT2D eigenvalue weighted by molar-refractivity contribution is -0.140. The van der Waals surface area contributed by atoms with Crippen LogP contribution in [-0.2, 0) is 10.3 Å². The van der Waals surface area contributed by atoms with Crippen LogP contribution in [0.1, 0.15) is 38.7 Å². The third-order valence-electron chi connectivity index (χ3n) is 5.94. The van der Waals surface area contributed by atoms with E-state index in [1.165, 1.54) is 23.2 Å². The topological polar surface area (TPSA) is 111 Å². The van der Waals surface area contributed by atoms with Gasteiger partial charge < -0.3 is 20.5 Å². The third kappa shape index (κ3) is 4.72. The largest absolute Gasteiger partial charge is 0.417 e. The molecule has 1 aliphatic heterocycles. The van der Waals surface area contributed by atoms with Crippen LogP contribution in [0.2, 0.25) is 5.02 Å². The van der Waals surface area contributed by atoms with Gasteiger partial charge in [0.15, 0.2) is 5.96 Å². The van der Waals surface area contributed by atoms with Crippen molar-refractivity contribution in [3.63, 3.8) is 0 Å². The van der Waals surface area contributed by atoms with E-state index >= 15 is 0 Å². The van der Waals surface area contributed by atoms with Gasteiger partial charge in [0.1, 0.15) is 0 Å². The Morgan fingerprint density at radius 1 is 1.33 bits per heavy atom. The molecule has 11 heteroatoms. The van der Waals surface area contributed by atoms with Gasteiger partial charge in [-0.05, 0) is 44.4 Å². The summed E-state index contributed by atoms with van der Waals surface area (Å²) in [5.74, 6) is -0.443. The Kier molecular flexibility index (Phi) is 5.92. The Balaban J connectivity index is 1.52. The number of benzene rings is 1. The van der Waals surface area contributed by atoms with Crippen molar-refractivity contribution in [3.8, 4) is 5.88 Å². The van der Waals surface area contributed by atoms with Gasteiger partial charge in [-0.3, -0.25) is 15.1 Å². The summed E-state index contributed by atoms with van der Waals surface area (Å²) in [6.45, 7) is 0.559. The highest BCUT2D eigenvalue weighted by Gasteiger charge is 2.49. The van der Waals surface area contributed by atoms with E-state index in [0.717, 1.165) is 0 Å². The molecule has 1 saturated heterocycles. The Labute approximate surface area is 194 Å². The molecule has 2 heterocycles. The van der Waals surface area contributed by atoms with Gasteiger partial charge >= 0.3 is 6.61 Å².